The Morgan fingerprint density at radius 1 is 1.37 bits per heavy atom. The number of terminal acetylenes is 1. The van der Waals surface area contributed by atoms with Gasteiger partial charge >= 0.3 is 25.5 Å². The fourth-order valence-corrected chi connectivity index (χ4v) is 6.29. The van der Waals surface area contributed by atoms with Crippen LogP contribution in [0, 0.1) is 12.3 Å². The summed E-state index contributed by atoms with van der Waals surface area (Å²) in [5.41, 5.74) is -5.77. The predicted molar refractivity (Wildman–Crippen MR) is 129 cm³/mol. The Labute approximate surface area is 218 Å². The molecule has 3 unspecified atom stereocenters. The number of benzene rings is 1. The monoisotopic (exact) mass is 550 g/mol. The molecule has 4 rings (SSSR count). The number of quaternary nitrogens is 1. The fourth-order valence-electron chi connectivity index (χ4n) is 4.39. The molecule has 1 saturated carbocycles. The standard InChI is InChI=1S/C24H28N3O10P/c1-5-24(32)19(29)23(35-15-27(24)13-12-18(28)25-21(27)31)14-17(23)37-38(33,36-16-10-8-7-9-11-16)26-22(3,4)20(30)34-6-2/h1,7-13,17,19,29,32H,6,14-15H2,2-4H3,(H-,25,26,28,31,33)/p+1/t17-,19-,23?,24-,27?,38?/m1/s1. The molecular formula is C24H29N3O10P+. The number of aliphatic hydroxyl groups is 2. The van der Waals surface area contributed by atoms with E-state index >= 15 is 0 Å². The maximum Gasteiger partial charge on any atom is 0.460 e. The van der Waals surface area contributed by atoms with Gasteiger partial charge in [0, 0.05) is 6.42 Å². The normalized spacial score (nSPS) is 33.8. The third-order valence-corrected chi connectivity index (χ3v) is 8.42. The summed E-state index contributed by atoms with van der Waals surface area (Å²) >= 11 is 0. The van der Waals surface area contributed by atoms with Crippen molar-refractivity contribution >= 4 is 25.7 Å². The summed E-state index contributed by atoms with van der Waals surface area (Å²) in [5.74, 6) is 0.779. The number of amides is 3. The lowest BCUT2D eigenvalue weighted by Crippen LogP contribution is -2.78. The fraction of sp³-hybridized carbons (Fsp3) is 0.458. The number of rotatable bonds is 8. The third-order valence-electron chi connectivity index (χ3n) is 6.60. The van der Waals surface area contributed by atoms with Gasteiger partial charge in [0.2, 0.25) is 0 Å². The second-order valence-corrected chi connectivity index (χ2v) is 11.2. The highest BCUT2D eigenvalue weighted by Gasteiger charge is 2.78. The molecule has 2 spiro atoms. The number of nitrogens with zero attached hydrogens (tertiary/aromatic N) is 1. The molecule has 3 amide bonds. The number of carbonyl (C=O) groups is 3. The van der Waals surface area contributed by atoms with Crippen LogP contribution in [0.3, 0.4) is 0 Å². The van der Waals surface area contributed by atoms with Gasteiger partial charge in [-0.05, 0) is 38.8 Å². The largest absolute Gasteiger partial charge is 0.465 e. The summed E-state index contributed by atoms with van der Waals surface area (Å²) in [6.07, 6.45) is 4.46. The zero-order valence-corrected chi connectivity index (χ0v) is 21.8. The number of carbonyl (C=O) groups excluding carboxylic acids is 3. The number of esters is 1. The van der Waals surface area contributed by atoms with Gasteiger partial charge in [0.15, 0.2) is 12.8 Å². The lowest BCUT2D eigenvalue weighted by molar-refractivity contribution is -0.912. The van der Waals surface area contributed by atoms with Crippen LogP contribution in [0.25, 0.3) is 0 Å². The van der Waals surface area contributed by atoms with E-state index in [2.05, 4.69) is 11.0 Å². The summed E-state index contributed by atoms with van der Waals surface area (Å²) in [4.78, 5) is 36.8. The van der Waals surface area contributed by atoms with E-state index in [4.69, 9.17) is 24.9 Å². The molecule has 1 saturated heterocycles. The van der Waals surface area contributed by atoms with Gasteiger partial charge < -0.3 is 24.2 Å². The van der Waals surface area contributed by atoms with Gasteiger partial charge in [0.1, 0.15) is 29.2 Å². The van der Waals surface area contributed by atoms with Gasteiger partial charge in [-0.3, -0.25) is 14.1 Å². The zero-order valence-electron chi connectivity index (χ0n) is 20.9. The van der Waals surface area contributed by atoms with Crippen molar-refractivity contribution in [3.05, 3.63) is 42.6 Å². The Hall–Kier alpha value is -3.08. The Morgan fingerprint density at radius 3 is 2.66 bits per heavy atom. The predicted octanol–water partition coefficient (Wildman–Crippen LogP) is 0.883. The van der Waals surface area contributed by atoms with Crippen molar-refractivity contribution < 1.29 is 52.2 Å². The lowest BCUT2D eigenvalue weighted by atomic mass is 9.93. The minimum atomic E-state index is -4.38. The third kappa shape index (κ3) is 4.54. The van der Waals surface area contributed by atoms with E-state index in [0.29, 0.717) is 0 Å². The molecule has 1 aromatic rings. The van der Waals surface area contributed by atoms with E-state index in [1.54, 1.807) is 25.1 Å². The summed E-state index contributed by atoms with van der Waals surface area (Å²) in [6, 6.07) is 7.05. The number of ether oxygens (including phenoxy) is 2. The Bertz CT molecular complexity index is 1260. The molecule has 6 atom stereocenters. The number of hydrogen-bond donors (Lipinski definition) is 4. The summed E-state index contributed by atoms with van der Waals surface area (Å²) in [5, 5.41) is 27.2. The molecule has 0 radical (unpaired) electrons. The highest BCUT2D eigenvalue weighted by Crippen LogP contribution is 2.60. The number of urea groups is 1. The highest BCUT2D eigenvalue weighted by molar-refractivity contribution is 7.52. The van der Waals surface area contributed by atoms with Crippen molar-refractivity contribution in [1.82, 2.24) is 10.4 Å². The van der Waals surface area contributed by atoms with Gasteiger partial charge in [0.05, 0.1) is 12.7 Å². The SMILES string of the molecule is C#C[C@@]1(O)[C@H](O)C2(C[C@H]2OP(=O)(NC(C)(C)C(=O)OCC)Oc2ccccc2)OC[N+]12C=CC(=O)NC2=O. The molecule has 204 valence electrons. The first kappa shape index (κ1) is 27.9. The quantitative estimate of drug-likeness (QED) is 0.157. The van der Waals surface area contributed by atoms with Gasteiger partial charge in [-0.15, -0.1) is 6.42 Å². The van der Waals surface area contributed by atoms with Crippen molar-refractivity contribution in [3.63, 3.8) is 0 Å². The summed E-state index contributed by atoms with van der Waals surface area (Å²) in [6.45, 7) is 3.99. The molecule has 3 aliphatic rings. The van der Waals surface area contributed by atoms with Crippen molar-refractivity contribution in [1.29, 1.82) is 0 Å². The number of para-hydroxylation sites is 1. The number of nitrogens with one attached hydrogen (secondary N) is 2. The molecule has 1 aromatic carbocycles. The minimum absolute atomic E-state index is 0.0820. The lowest BCUT2D eigenvalue weighted by Gasteiger charge is -2.50. The molecule has 1 aliphatic carbocycles. The molecule has 2 fully saturated rings. The van der Waals surface area contributed by atoms with Crippen LogP contribution in [0.2, 0.25) is 0 Å². The minimum Gasteiger partial charge on any atom is -0.465 e. The van der Waals surface area contributed by atoms with Gasteiger partial charge in [-0.25, -0.2) is 14.7 Å². The van der Waals surface area contributed by atoms with Crippen LogP contribution in [0.4, 0.5) is 4.79 Å². The van der Waals surface area contributed by atoms with E-state index in [9.17, 15) is 29.2 Å². The zero-order chi connectivity index (χ0) is 28.0. The van der Waals surface area contributed by atoms with Crippen molar-refractivity contribution in [2.24, 2.45) is 0 Å². The molecule has 0 aromatic heterocycles. The second kappa shape index (κ2) is 9.59. The van der Waals surface area contributed by atoms with Crippen LogP contribution < -0.4 is 14.9 Å². The molecule has 2 aliphatic heterocycles. The maximum atomic E-state index is 14.0. The first-order valence-corrected chi connectivity index (χ1v) is 13.3. The molecule has 2 heterocycles. The van der Waals surface area contributed by atoms with E-state index < -0.39 is 65.9 Å². The van der Waals surface area contributed by atoms with Crippen LogP contribution in [0.1, 0.15) is 27.2 Å². The van der Waals surface area contributed by atoms with E-state index in [1.807, 2.05) is 5.32 Å². The van der Waals surface area contributed by atoms with Crippen LogP contribution in [-0.4, -0.2) is 75.0 Å². The molecule has 38 heavy (non-hydrogen) atoms. The summed E-state index contributed by atoms with van der Waals surface area (Å²) < 4.78 is 35.2. The first-order chi connectivity index (χ1) is 17.8. The summed E-state index contributed by atoms with van der Waals surface area (Å²) in [7, 11) is -4.38. The molecule has 0 bridgehead atoms. The average molecular weight is 550 g/mol. The Morgan fingerprint density at radius 2 is 2.05 bits per heavy atom. The van der Waals surface area contributed by atoms with E-state index in [1.165, 1.54) is 26.0 Å². The van der Waals surface area contributed by atoms with Crippen LogP contribution in [0.15, 0.2) is 42.6 Å². The average Bonchev–Trinajstić information content (AvgIpc) is 3.54. The number of imide groups is 1. The first-order valence-electron chi connectivity index (χ1n) is 11.7. The number of aliphatic hydroxyl groups excluding tert-OH is 1. The number of hydrogen-bond acceptors (Lipinski definition) is 10. The van der Waals surface area contributed by atoms with Gasteiger partial charge in [-0.1, -0.05) is 18.2 Å². The van der Waals surface area contributed by atoms with Crippen LogP contribution in [0.5, 0.6) is 5.75 Å². The smallest absolute Gasteiger partial charge is 0.460 e. The van der Waals surface area contributed by atoms with Crippen LogP contribution in [-0.2, 0) is 28.2 Å². The van der Waals surface area contributed by atoms with Crippen molar-refractivity contribution in [3.8, 4) is 18.1 Å². The van der Waals surface area contributed by atoms with Gasteiger partial charge in [0.25, 0.3) is 5.91 Å². The van der Waals surface area contributed by atoms with Crippen molar-refractivity contribution in [2.45, 2.75) is 56.3 Å². The van der Waals surface area contributed by atoms with Gasteiger partial charge in [-0.2, -0.15) is 9.57 Å². The van der Waals surface area contributed by atoms with E-state index in [0.717, 1.165) is 12.3 Å². The van der Waals surface area contributed by atoms with E-state index in [-0.39, 0.29) is 18.8 Å². The molecule has 13 nitrogen and oxygen atoms in total. The van der Waals surface area contributed by atoms with Crippen LogP contribution >= 0.6 is 7.75 Å². The molecule has 14 heteroatoms. The highest BCUT2D eigenvalue weighted by atomic mass is 31.2. The molecule has 4 N–H and O–H groups in total. The maximum absolute atomic E-state index is 14.0. The molecular weight excluding hydrogens is 521 g/mol. The Balaban J connectivity index is 1.62. The Kier molecular flexibility index (Phi) is 7.05. The topological polar surface area (TPSA) is 170 Å². The second-order valence-electron chi connectivity index (χ2n) is 9.64. The van der Waals surface area contributed by atoms with Crippen molar-refractivity contribution in [2.75, 3.05) is 13.3 Å².